The number of carbonyl (C=O) groups excluding carboxylic acids is 1. The van der Waals surface area contributed by atoms with Gasteiger partial charge < -0.3 is 5.32 Å². The van der Waals surface area contributed by atoms with Gasteiger partial charge in [-0.2, -0.15) is 12.6 Å². The van der Waals surface area contributed by atoms with E-state index < -0.39 is 0 Å². The van der Waals surface area contributed by atoms with E-state index in [0.717, 1.165) is 6.42 Å². The molecule has 0 saturated heterocycles. The van der Waals surface area contributed by atoms with Crippen molar-refractivity contribution in [1.29, 1.82) is 0 Å². The molecule has 0 aromatic heterocycles. The fourth-order valence-electron chi connectivity index (χ4n) is 1.90. The van der Waals surface area contributed by atoms with Gasteiger partial charge in [0.15, 0.2) is 0 Å². The molecule has 0 aliphatic rings. The molecule has 2 rings (SSSR count). The van der Waals surface area contributed by atoms with Crippen LogP contribution in [0.2, 0.25) is 0 Å². The lowest BCUT2D eigenvalue weighted by molar-refractivity contribution is -0.118. The Kier molecular flexibility index (Phi) is 4.04. The quantitative estimate of drug-likeness (QED) is 0.796. The molecule has 88 valence electrons. The van der Waals surface area contributed by atoms with Crippen LogP contribution in [0.4, 0.5) is 0 Å². The van der Waals surface area contributed by atoms with Crippen molar-refractivity contribution in [2.45, 2.75) is 6.42 Å². The highest BCUT2D eigenvalue weighted by atomic mass is 32.1. The van der Waals surface area contributed by atoms with Crippen molar-refractivity contribution in [3.63, 3.8) is 0 Å². The molecule has 0 spiro atoms. The summed E-state index contributed by atoms with van der Waals surface area (Å²) in [6, 6.07) is 14.6. The second-order valence-corrected chi connectivity index (χ2v) is 4.21. The van der Waals surface area contributed by atoms with E-state index in [9.17, 15) is 4.79 Å². The molecule has 0 atom stereocenters. The van der Waals surface area contributed by atoms with Crippen LogP contribution in [0.5, 0.6) is 0 Å². The summed E-state index contributed by atoms with van der Waals surface area (Å²) in [5.74, 6) is 0.226. The molecule has 3 heteroatoms. The van der Waals surface area contributed by atoms with E-state index in [2.05, 4.69) is 48.3 Å². The van der Waals surface area contributed by atoms with Crippen LogP contribution in [0.25, 0.3) is 10.8 Å². The van der Waals surface area contributed by atoms with Crippen LogP contribution in [0.3, 0.4) is 0 Å². The third kappa shape index (κ3) is 3.01. The Morgan fingerprint density at radius 1 is 1.12 bits per heavy atom. The summed E-state index contributed by atoms with van der Waals surface area (Å²) in [6.07, 6.45) is 0.848. The van der Waals surface area contributed by atoms with Gasteiger partial charge in [0, 0.05) is 6.54 Å². The number of hydrogen-bond donors (Lipinski definition) is 2. The van der Waals surface area contributed by atoms with E-state index in [-0.39, 0.29) is 11.7 Å². The summed E-state index contributed by atoms with van der Waals surface area (Å²) in [5.41, 5.74) is 1.27. The molecule has 1 amide bonds. The van der Waals surface area contributed by atoms with E-state index in [4.69, 9.17) is 0 Å². The van der Waals surface area contributed by atoms with Crippen molar-refractivity contribution >= 4 is 29.3 Å². The molecule has 17 heavy (non-hydrogen) atoms. The summed E-state index contributed by atoms with van der Waals surface area (Å²) in [5, 5.41) is 5.33. The SMILES string of the molecule is O=C(CS)NCCc1cccc2ccccc12. The van der Waals surface area contributed by atoms with Crippen molar-refractivity contribution in [2.24, 2.45) is 0 Å². The number of amides is 1. The van der Waals surface area contributed by atoms with Gasteiger partial charge in [-0.1, -0.05) is 42.5 Å². The third-order valence-corrected chi connectivity index (χ3v) is 3.03. The molecule has 1 N–H and O–H groups in total. The third-order valence-electron chi connectivity index (χ3n) is 2.74. The molecule has 0 aliphatic carbocycles. The van der Waals surface area contributed by atoms with E-state index in [0.29, 0.717) is 6.54 Å². The van der Waals surface area contributed by atoms with Gasteiger partial charge in [0.05, 0.1) is 5.75 Å². The Bertz CT molecular complexity index is 519. The van der Waals surface area contributed by atoms with Crippen LogP contribution < -0.4 is 5.32 Å². The number of nitrogens with one attached hydrogen (secondary N) is 1. The fraction of sp³-hybridized carbons (Fsp3) is 0.214. The largest absolute Gasteiger partial charge is 0.355 e. The number of benzene rings is 2. The van der Waals surface area contributed by atoms with Crippen LogP contribution in [-0.2, 0) is 11.2 Å². The molecule has 2 aromatic rings. The monoisotopic (exact) mass is 245 g/mol. The van der Waals surface area contributed by atoms with Crippen LogP contribution in [0, 0.1) is 0 Å². The topological polar surface area (TPSA) is 29.1 Å². The van der Waals surface area contributed by atoms with Crippen LogP contribution in [-0.4, -0.2) is 18.2 Å². The molecule has 2 aromatic carbocycles. The highest BCUT2D eigenvalue weighted by Gasteiger charge is 2.01. The molecule has 0 heterocycles. The minimum Gasteiger partial charge on any atom is -0.355 e. The minimum atomic E-state index is -0.0198. The molecular formula is C14H15NOS. The first kappa shape index (κ1) is 12.0. The lowest BCUT2D eigenvalue weighted by Gasteiger charge is -2.07. The summed E-state index contributed by atoms with van der Waals surface area (Å²) in [4.78, 5) is 11.1. The molecule has 2 nitrogen and oxygen atoms in total. The first-order valence-electron chi connectivity index (χ1n) is 5.65. The maximum absolute atomic E-state index is 11.1. The first-order valence-corrected chi connectivity index (χ1v) is 6.28. The van der Waals surface area contributed by atoms with Crippen molar-refractivity contribution in [2.75, 3.05) is 12.3 Å². The first-order chi connectivity index (χ1) is 8.31. The predicted molar refractivity (Wildman–Crippen MR) is 74.5 cm³/mol. The van der Waals surface area contributed by atoms with Crippen molar-refractivity contribution in [1.82, 2.24) is 5.32 Å². The maximum Gasteiger partial charge on any atom is 0.229 e. The minimum absolute atomic E-state index is 0.0198. The molecule has 0 saturated carbocycles. The second kappa shape index (κ2) is 5.73. The second-order valence-electron chi connectivity index (χ2n) is 3.90. The van der Waals surface area contributed by atoms with Gasteiger partial charge in [0.25, 0.3) is 0 Å². The summed E-state index contributed by atoms with van der Waals surface area (Å²) in [7, 11) is 0. The fourth-order valence-corrected chi connectivity index (χ4v) is 2.01. The number of rotatable bonds is 4. The van der Waals surface area contributed by atoms with Crippen molar-refractivity contribution < 1.29 is 4.79 Å². The van der Waals surface area contributed by atoms with Crippen molar-refractivity contribution in [3.8, 4) is 0 Å². The number of carbonyl (C=O) groups is 1. The van der Waals surface area contributed by atoms with E-state index in [1.165, 1.54) is 16.3 Å². The van der Waals surface area contributed by atoms with Gasteiger partial charge in [-0.25, -0.2) is 0 Å². The summed E-state index contributed by atoms with van der Waals surface area (Å²) in [6.45, 7) is 0.660. The Hall–Kier alpha value is -1.48. The predicted octanol–water partition coefficient (Wildman–Crippen LogP) is 2.43. The Balaban J connectivity index is 2.11. The van der Waals surface area contributed by atoms with Crippen LogP contribution in [0.1, 0.15) is 5.56 Å². The molecule has 0 radical (unpaired) electrons. The van der Waals surface area contributed by atoms with Crippen LogP contribution in [0.15, 0.2) is 42.5 Å². The van der Waals surface area contributed by atoms with Gasteiger partial charge >= 0.3 is 0 Å². The lowest BCUT2D eigenvalue weighted by Crippen LogP contribution is -2.26. The van der Waals surface area contributed by atoms with Gasteiger partial charge in [-0.3, -0.25) is 4.79 Å². The molecular weight excluding hydrogens is 230 g/mol. The maximum atomic E-state index is 11.1. The van der Waals surface area contributed by atoms with Gasteiger partial charge in [0.2, 0.25) is 5.91 Å². The lowest BCUT2D eigenvalue weighted by atomic mass is 10.0. The molecule has 0 bridgehead atoms. The standard InChI is InChI=1S/C14H15NOS/c16-14(10-17)15-9-8-12-6-3-5-11-4-1-2-7-13(11)12/h1-7,17H,8-10H2,(H,15,16). The Labute approximate surface area is 106 Å². The highest BCUT2D eigenvalue weighted by molar-refractivity contribution is 7.81. The van der Waals surface area contributed by atoms with E-state index in [1.54, 1.807) is 0 Å². The average Bonchev–Trinajstić information content (AvgIpc) is 2.39. The summed E-state index contributed by atoms with van der Waals surface area (Å²) < 4.78 is 0. The normalized spacial score (nSPS) is 10.4. The Morgan fingerprint density at radius 2 is 1.88 bits per heavy atom. The average molecular weight is 245 g/mol. The zero-order valence-electron chi connectivity index (χ0n) is 9.52. The molecule has 0 aliphatic heterocycles. The van der Waals surface area contributed by atoms with Gasteiger partial charge in [0.1, 0.15) is 0 Å². The smallest absolute Gasteiger partial charge is 0.229 e. The summed E-state index contributed by atoms with van der Waals surface area (Å²) >= 11 is 3.92. The number of hydrogen-bond acceptors (Lipinski definition) is 2. The zero-order valence-corrected chi connectivity index (χ0v) is 10.4. The van der Waals surface area contributed by atoms with Crippen LogP contribution >= 0.6 is 12.6 Å². The molecule has 0 unspecified atom stereocenters. The van der Waals surface area contributed by atoms with E-state index >= 15 is 0 Å². The van der Waals surface area contributed by atoms with Gasteiger partial charge in [-0.05, 0) is 22.8 Å². The Morgan fingerprint density at radius 3 is 2.71 bits per heavy atom. The van der Waals surface area contributed by atoms with Crippen molar-refractivity contribution in [3.05, 3.63) is 48.0 Å². The van der Waals surface area contributed by atoms with Gasteiger partial charge in [-0.15, -0.1) is 0 Å². The number of thiol groups is 1. The molecule has 0 fully saturated rings. The highest BCUT2D eigenvalue weighted by Crippen LogP contribution is 2.18. The number of fused-ring (bicyclic) bond motifs is 1. The van der Waals surface area contributed by atoms with E-state index in [1.807, 2.05) is 12.1 Å². The zero-order chi connectivity index (χ0) is 12.1.